The van der Waals surface area contributed by atoms with Crippen LogP contribution in [-0.4, -0.2) is 28.2 Å². The van der Waals surface area contributed by atoms with Crippen molar-refractivity contribution >= 4 is 5.97 Å². The van der Waals surface area contributed by atoms with Gasteiger partial charge in [0.05, 0.1) is 13.7 Å². The molecule has 0 radical (unpaired) electrons. The zero-order valence-electron chi connectivity index (χ0n) is 10.2. The highest BCUT2D eigenvalue weighted by atomic mass is 16.5. The number of ether oxygens (including phenoxy) is 2. The Morgan fingerprint density at radius 1 is 1.37 bits per heavy atom. The largest absolute Gasteiger partial charge is 0.465 e. The van der Waals surface area contributed by atoms with Crippen molar-refractivity contribution in [3.8, 4) is 11.6 Å². The van der Waals surface area contributed by atoms with Crippen molar-refractivity contribution in [1.82, 2.24) is 9.97 Å². The van der Waals surface area contributed by atoms with Gasteiger partial charge >= 0.3 is 5.97 Å². The van der Waals surface area contributed by atoms with E-state index < -0.39 is 5.97 Å². The van der Waals surface area contributed by atoms with Gasteiger partial charge in [0.15, 0.2) is 0 Å². The normalized spacial score (nSPS) is 10.0. The van der Waals surface area contributed by atoms with Gasteiger partial charge in [-0.15, -0.1) is 0 Å². The van der Waals surface area contributed by atoms with Crippen LogP contribution in [0.4, 0.5) is 0 Å². The molecule has 1 aromatic carbocycles. The number of esters is 1. The molecule has 6 nitrogen and oxygen atoms in total. The Morgan fingerprint density at radius 3 is 2.89 bits per heavy atom. The summed E-state index contributed by atoms with van der Waals surface area (Å²) < 4.78 is 10.2. The fourth-order valence-electron chi connectivity index (χ4n) is 1.49. The molecule has 2 rings (SSSR count). The number of methoxy groups -OCH3 is 1. The Bertz CT molecular complexity index is 586. The summed E-state index contributed by atoms with van der Waals surface area (Å²) >= 11 is 0. The molecule has 1 aromatic heterocycles. The molecule has 0 unspecified atom stereocenters. The predicted octanol–water partition coefficient (Wildman–Crippen LogP) is 1.55. The van der Waals surface area contributed by atoms with Gasteiger partial charge in [-0.2, -0.15) is 0 Å². The SMILES string of the molecule is COC(=O)c1cncnc1Oc1ccccc1CO. The van der Waals surface area contributed by atoms with E-state index in [9.17, 15) is 9.90 Å². The molecular weight excluding hydrogens is 248 g/mol. The second-order valence-corrected chi connectivity index (χ2v) is 3.60. The van der Waals surface area contributed by atoms with Gasteiger partial charge in [0.2, 0.25) is 5.88 Å². The minimum absolute atomic E-state index is 0.0859. The van der Waals surface area contributed by atoms with Gasteiger partial charge in [0.25, 0.3) is 0 Å². The molecular formula is C13H12N2O4. The third-order valence-electron chi connectivity index (χ3n) is 2.43. The fraction of sp³-hybridized carbons (Fsp3) is 0.154. The number of para-hydroxylation sites is 1. The number of hydrogen-bond acceptors (Lipinski definition) is 6. The molecule has 0 amide bonds. The molecule has 0 aliphatic rings. The summed E-state index contributed by atoms with van der Waals surface area (Å²) in [6.45, 7) is -0.172. The first-order valence-corrected chi connectivity index (χ1v) is 5.51. The first-order chi connectivity index (χ1) is 9.26. The van der Waals surface area contributed by atoms with Crippen LogP contribution >= 0.6 is 0 Å². The molecule has 98 valence electrons. The van der Waals surface area contributed by atoms with E-state index in [2.05, 4.69) is 14.7 Å². The molecule has 19 heavy (non-hydrogen) atoms. The minimum Gasteiger partial charge on any atom is -0.465 e. The van der Waals surface area contributed by atoms with E-state index in [0.29, 0.717) is 11.3 Å². The third-order valence-corrected chi connectivity index (χ3v) is 2.43. The third kappa shape index (κ3) is 2.86. The molecule has 0 spiro atoms. The zero-order valence-corrected chi connectivity index (χ0v) is 10.2. The van der Waals surface area contributed by atoms with Crippen LogP contribution in [-0.2, 0) is 11.3 Å². The van der Waals surface area contributed by atoms with Crippen LogP contribution < -0.4 is 4.74 Å². The number of rotatable bonds is 4. The first-order valence-electron chi connectivity index (χ1n) is 5.51. The second kappa shape index (κ2) is 5.92. The summed E-state index contributed by atoms with van der Waals surface area (Å²) in [7, 11) is 1.26. The molecule has 0 fully saturated rings. The lowest BCUT2D eigenvalue weighted by Gasteiger charge is -2.10. The quantitative estimate of drug-likeness (QED) is 0.840. The van der Waals surface area contributed by atoms with Crippen LogP contribution in [0, 0.1) is 0 Å². The lowest BCUT2D eigenvalue weighted by Crippen LogP contribution is -2.06. The van der Waals surface area contributed by atoms with Gasteiger partial charge in [-0.05, 0) is 6.07 Å². The topological polar surface area (TPSA) is 81.5 Å². The fourth-order valence-corrected chi connectivity index (χ4v) is 1.49. The number of aliphatic hydroxyl groups excluding tert-OH is 1. The van der Waals surface area contributed by atoms with Gasteiger partial charge in [0, 0.05) is 11.8 Å². The predicted molar refractivity (Wildman–Crippen MR) is 65.8 cm³/mol. The molecule has 6 heteroatoms. The van der Waals surface area contributed by atoms with Crippen molar-refractivity contribution in [1.29, 1.82) is 0 Å². The van der Waals surface area contributed by atoms with E-state index in [1.54, 1.807) is 24.3 Å². The molecule has 1 N–H and O–H groups in total. The summed E-state index contributed by atoms with van der Waals surface area (Å²) in [5.41, 5.74) is 0.717. The Balaban J connectivity index is 2.36. The monoisotopic (exact) mass is 260 g/mol. The molecule has 0 aliphatic carbocycles. The van der Waals surface area contributed by atoms with E-state index in [-0.39, 0.29) is 18.1 Å². The van der Waals surface area contributed by atoms with E-state index in [1.807, 2.05) is 0 Å². The lowest BCUT2D eigenvalue weighted by molar-refractivity contribution is 0.0596. The number of aliphatic hydroxyl groups is 1. The molecule has 0 saturated carbocycles. The van der Waals surface area contributed by atoms with E-state index in [0.717, 1.165) is 0 Å². The highest BCUT2D eigenvalue weighted by molar-refractivity contribution is 5.91. The van der Waals surface area contributed by atoms with Gasteiger partial charge in [-0.3, -0.25) is 0 Å². The van der Waals surface area contributed by atoms with E-state index in [1.165, 1.54) is 19.6 Å². The van der Waals surface area contributed by atoms with Gasteiger partial charge in [0.1, 0.15) is 17.6 Å². The number of hydrogen-bond donors (Lipinski definition) is 1. The maximum Gasteiger partial charge on any atom is 0.345 e. The Morgan fingerprint density at radius 2 is 2.16 bits per heavy atom. The van der Waals surface area contributed by atoms with E-state index in [4.69, 9.17) is 4.74 Å². The summed E-state index contributed by atoms with van der Waals surface area (Å²) in [4.78, 5) is 19.2. The van der Waals surface area contributed by atoms with Crippen molar-refractivity contribution in [3.05, 3.63) is 47.9 Å². The van der Waals surface area contributed by atoms with Gasteiger partial charge in [-0.1, -0.05) is 18.2 Å². The molecule has 2 aromatic rings. The Hall–Kier alpha value is -2.47. The number of carbonyl (C=O) groups excluding carboxylic acids is 1. The zero-order chi connectivity index (χ0) is 13.7. The lowest BCUT2D eigenvalue weighted by atomic mass is 10.2. The summed E-state index contributed by atoms with van der Waals surface area (Å²) in [6, 6.07) is 6.93. The van der Waals surface area contributed by atoms with Gasteiger partial charge in [-0.25, -0.2) is 14.8 Å². The molecule has 0 bridgehead atoms. The van der Waals surface area contributed by atoms with Gasteiger partial charge < -0.3 is 14.6 Å². The van der Waals surface area contributed by atoms with Crippen molar-refractivity contribution in [2.75, 3.05) is 7.11 Å². The standard InChI is InChI=1S/C13H12N2O4/c1-18-13(17)10-6-14-8-15-12(10)19-11-5-3-2-4-9(11)7-16/h2-6,8,16H,7H2,1H3. The first kappa shape index (κ1) is 13.0. The van der Waals surface area contributed by atoms with Crippen LogP contribution in [0.5, 0.6) is 11.6 Å². The molecule has 0 saturated heterocycles. The maximum absolute atomic E-state index is 11.5. The summed E-state index contributed by atoms with van der Waals surface area (Å²) in [5.74, 6) is -0.0753. The number of benzene rings is 1. The van der Waals surface area contributed by atoms with Crippen molar-refractivity contribution in [2.45, 2.75) is 6.61 Å². The smallest absolute Gasteiger partial charge is 0.345 e. The van der Waals surface area contributed by atoms with Crippen LogP contribution in [0.15, 0.2) is 36.8 Å². The van der Waals surface area contributed by atoms with Crippen LogP contribution in [0.1, 0.15) is 15.9 Å². The van der Waals surface area contributed by atoms with Crippen LogP contribution in [0.2, 0.25) is 0 Å². The summed E-state index contributed by atoms with van der Waals surface area (Å²) in [5, 5.41) is 9.22. The molecule has 1 heterocycles. The summed E-state index contributed by atoms with van der Waals surface area (Å²) in [6.07, 6.45) is 2.58. The van der Waals surface area contributed by atoms with E-state index >= 15 is 0 Å². The van der Waals surface area contributed by atoms with Crippen molar-refractivity contribution < 1.29 is 19.4 Å². The van der Waals surface area contributed by atoms with Crippen LogP contribution in [0.25, 0.3) is 0 Å². The highest BCUT2D eigenvalue weighted by Crippen LogP contribution is 2.26. The van der Waals surface area contributed by atoms with Crippen LogP contribution in [0.3, 0.4) is 0 Å². The average Bonchev–Trinajstić information content (AvgIpc) is 2.47. The molecule has 0 atom stereocenters. The number of carbonyl (C=O) groups is 1. The highest BCUT2D eigenvalue weighted by Gasteiger charge is 2.16. The minimum atomic E-state index is -0.586. The number of nitrogens with zero attached hydrogens (tertiary/aromatic N) is 2. The second-order valence-electron chi connectivity index (χ2n) is 3.60. The maximum atomic E-state index is 11.5. The van der Waals surface area contributed by atoms with Crippen molar-refractivity contribution in [3.63, 3.8) is 0 Å². The Labute approximate surface area is 109 Å². The molecule has 0 aliphatic heterocycles. The van der Waals surface area contributed by atoms with Crippen molar-refractivity contribution in [2.24, 2.45) is 0 Å². The number of aromatic nitrogens is 2. The Kier molecular flexibility index (Phi) is 4.04. The average molecular weight is 260 g/mol.